The lowest BCUT2D eigenvalue weighted by Crippen LogP contribution is -2.10. The van der Waals surface area contributed by atoms with Crippen LogP contribution < -0.4 is 5.32 Å². The Morgan fingerprint density at radius 2 is 2.17 bits per heavy atom. The van der Waals surface area contributed by atoms with E-state index in [9.17, 15) is 10.1 Å². The normalized spacial score (nSPS) is 14.0. The van der Waals surface area contributed by atoms with Crippen LogP contribution in [-0.4, -0.2) is 19.5 Å². The fraction of sp³-hybridized carbons (Fsp3) is 0.250. The van der Waals surface area contributed by atoms with Gasteiger partial charge in [-0.05, 0) is 40.9 Å². The first-order valence-corrected chi connectivity index (χ1v) is 8.42. The van der Waals surface area contributed by atoms with E-state index in [1.807, 2.05) is 18.2 Å². The van der Waals surface area contributed by atoms with E-state index in [1.54, 1.807) is 6.20 Å². The first kappa shape index (κ1) is 15.1. The maximum atomic E-state index is 11.2. The highest BCUT2D eigenvalue weighted by Gasteiger charge is 2.28. The molecule has 1 aliphatic carbocycles. The number of pyridine rings is 1. The summed E-state index contributed by atoms with van der Waals surface area (Å²) in [6, 6.07) is 9.93. The summed E-state index contributed by atoms with van der Waals surface area (Å²) in [6.45, 7) is 0.390. The van der Waals surface area contributed by atoms with Crippen LogP contribution in [0.3, 0.4) is 0 Å². The average Bonchev–Trinajstić information content (AvgIpc) is 3.34. The van der Waals surface area contributed by atoms with Crippen LogP contribution in [0.15, 0.2) is 41.0 Å². The van der Waals surface area contributed by atoms with Crippen molar-refractivity contribution in [3.05, 3.63) is 56.9 Å². The lowest BCUT2D eigenvalue weighted by atomic mass is 10.3. The number of nitrogens with one attached hydrogen (secondary N) is 1. The van der Waals surface area contributed by atoms with E-state index in [-0.39, 0.29) is 11.5 Å². The van der Waals surface area contributed by atoms with E-state index in [4.69, 9.17) is 0 Å². The fourth-order valence-corrected chi connectivity index (χ4v) is 3.15. The molecule has 0 unspecified atom stereocenters. The maximum Gasteiger partial charge on any atom is 0.312 e. The lowest BCUT2D eigenvalue weighted by Gasteiger charge is -2.09. The molecule has 0 spiro atoms. The molecule has 0 saturated heterocycles. The predicted molar refractivity (Wildman–Crippen MR) is 93.9 cm³/mol. The third-order valence-corrected chi connectivity index (χ3v) is 4.46. The number of rotatable bonds is 5. The van der Waals surface area contributed by atoms with Gasteiger partial charge in [0, 0.05) is 22.8 Å². The standard InChI is InChI=1S/C16H14BrN5O2/c17-10-7-14(22(23)24)16(18-8-10)19-9-15-20-12-3-1-2-4-13(12)21(15)11-5-6-11/h1-4,7-8,11H,5-6,9H2,(H,18,19). The molecule has 7 nitrogen and oxygen atoms in total. The van der Waals surface area contributed by atoms with E-state index in [2.05, 4.69) is 41.8 Å². The Labute approximate surface area is 146 Å². The molecule has 0 atom stereocenters. The van der Waals surface area contributed by atoms with E-state index in [0.29, 0.717) is 17.1 Å². The lowest BCUT2D eigenvalue weighted by molar-refractivity contribution is -0.384. The number of fused-ring (bicyclic) bond motifs is 1. The van der Waals surface area contributed by atoms with E-state index in [0.717, 1.165) is 29.7 Å². The molecule has 0 bridgehead atoms. The summed E-state index contributed by atoms with van der Waals surface area (Å²) < 4.78 is 2.80. The topological polar surface area (TPSA) is 85.9 Å². The summed E-state index contributed by atoms with van der Waals surface area (Å²) in [4.78, 5) is 19.6. The second-order valence-corrected chi connectivity index (χ2v) is 6.67. The Kier molecular flexibility index (Phi) is 3.68. The van der Waals surface area contributed by atoms with Crippen molar-refractivity contribution in [2.45, 2.75) is 25.4 Å². The zero-order valence-electron chi connectivity index (χ0n) is 12.6. The Bertz CT molecular complexity index is 935. The molecule has 4 rings (SSSR count). The summed E-state index contributed by atoms with van der Waals surface area (Å²) in [5.41, 5.74) is 1.99. The number of hydrogen-bond acceptors (Lipinski definition) is 5. The molecule has 2 heterocycles. The first-order chi connectivity index (χ1) is 11.6. The number of benzene rings is 1. The summed E-state index contributed by atoms with van der Waals surface area (Å²) in [5.74, 6) is 1.12. The summed E-state index contributed by atoms with van der Waals surface area (Å²) in [5, 5.41) is 14.3. The van der Waals surface area contributed by atoms with E-state index < -0.39 is 4.92 Å². The Hall–Kier alpha value is -2.48. The molecule has 0 amide bonds. The highest BCUT2D eigenvalue weighted by molar-refractivity contribution is 9.10. The van der Waals surface area contributed by atoms with Crippen molar-refractivity contribution in [1.82, 2.24) is 14.5 Å². The number of nitro groups is 1. The second kappa shape index (κ2) is 5.86. The number of aromatic nitrogens is 3. The van der Waals surface area contributed by atoms with Gasteiger partial charge in [0.15, 0.2) is 0 Å². The molecule has 1 aliphatic rings. The number of anilines is 1. The van der Waals surface area contributed by atoms with Crippen LogP contribution in [-0.2, 0) is 6.54 Å². The molecule has 1 saturated carbocycles. The van der Waals surface area contributed by atoms with Gasteiger partial charge < -0.3 is 9.88 Å². The Morgan fingerprint density at radius 1 is 1.38 bits per heavy atom. The fourth-order valence-electron chi connectivity index (χ4n) is 2.83. The minimum absolute atomic E-state index is 0.0570. The van der Waals surface area contributed by atoms with Gasteiger partial charge in [0.1, 0.15) is 5.82 Å². The zero-order chi connectivity index (χ0) is 16.7. The number of nitrogens with zero attached hydrogens (tertiary/aromatic N) is 4. The molecule has 1 fully saturated rings. The predicted octanol–water partition coefficient (Wildman–Crippen LogP) is 4.05. The first-order valence-electron chi connectivity index (χ1n) is 7.63. The molecule has 122 valence electrons. The Morgan fingerprint density at radius 3 is 2.92 bits per heavy atom. The molecular formula is C16H14BrN5O2. The van der Waals surface area contributed by atoms with Gasteiger partial charge in [0.05, 0.1) is 22.5 Å². The van der Waals surface area contributed by atoms with Crippen molar-refractivity contribution in [2.75, 3.05) is 5.32 Å². The van der Waals surface area contributed by atoms with Gasteiger partial charge in [-0.25, -0.2) is 9.97 Å². The minimum Gasteiger partial charge on any atom is -0.357 e. The van der Waals surface area contributed by atoms with Crippen LogP contribution in [0.25, 0.3) is 11.0 Å². The number of hydrogen-bond donors (Lipinski definition) is 1. The smallest absolute Gasteiger partial charge is 0.312 e. The number of halogens is 1. The summed E-state index contributed by atoms with van der Waals surface area (Å²) >= 11 is 3.21. The van der Waals surface area contributed by atoms with Crippen molar-refractivity contribution in [1.29, 1.82) is 0 Å². The Balaban J connectivity index is 1.66. The third-order valence-electron chi connectivity index (χ3n) is 4.03. The van der Waals surface area contributed by atoms with Crippen LogP contribution >= 0.6 is 15.9 Å². The van der Waals surface area contributed by atoms with Crippen molar-refractivity contribution >= 4 is 38.5 Å². The van der Waals surface area contributed by atoms with Crippen molar-refractivity contribution in [3.8, 4) is 0 Å². The molecule has 1 N–H and O–H groups in total. The van der Waals surface area contributed by atoms with E-state index >= 15 is 0 Å². The molecular weight excluding hydrogens is 374 g/mol. The SMILES string of the molecule is O=[N+]([O-])c1cc(Br)cnc1NCc1nc2ccccc2n1C1CC1. The molecule has 8 heteroatoms. The van der Waals surface area contributed by atoms with Gasteiger partial charge >= 0.3 is 5.69 Å². The molecule has 2 aromatic heterocycles. The molecule has 24 heavy (non-hydrogen) atoms. The highest BCUT2D eigenvalue weighted by Crippen LogP contribution is 2.38. The van der Waals surface area contributed by atoms with Gasteiger partial charge in [-0.2, -0.15) is 0 Å². The van der Waals surface area contributed by atoms with Crippen LogP contribution in [0.4, 0.5) is 11.5 Å². The van der Waals surface area contributed by atoms with Crippen molar-refractivity contribution in [3.63, 3.8) is 0 Å². The van der Waals surface area contributed by atoms with Crippen molar-refractivity contribution in [2.24, 2.45) is 0 Å². The van der Waals surface area contributed by atoms with Gasteiger partial charge in [0.25, 0.3) is 0 Å². The average molecular weight is 388 g/mol. The molecule has 0 aliphatic heterocycles. The quantitative estimate of drug-likeness (QED) is 0.527. The van der Waals surface area contributed by atoms with Gasteiger partial charge in [-0.15, -0.1) is 0 Å². The van der Waals surface area contributed by atoms with Crippen LogP contribution in [0.1, 0.15) is 24.7 Å². The van der Waals surface area contributed by atoms with Crippen LogP contribution in [0.5, 0.6) is 0 Å². The number of para-hydroxylation sites is 2. The van der Waals surface area contributed by atoms with Crippen LogP contribution in [0.2, 0.25) is 0 Å². The second-order valence-electron chi connectivity index (χ2n) is 5.75. The minimum atomic E-state index is -0.441. The maximum absolute atomic E-state index is 11.2. The zero-order valence-corrected chi connectivity index (χ0v) is 14.2. The molecule has 0 radical (unpaired) electrons. The monoisotopic (exact) mass is 387 g/mol. The van der Waals surface area contributed by atoms with Crippen LogP contribution in [0, 0.1) is 10.1 Å². The van der Waals surface area contributed by atoms with Crippen molar-refractivity contribution < 1.29 is 4.92 Å². The van der Waals surface area contributed by atoms with Gasteiger partial charge in [-0.1, -0.05) is 12.1 Å². The highest BCUT2D eigenvalue weighted by atomic mass is 79.9. The molecule has 3 aromatic rings. The summed E-state index contributed by atoms with van der Waals surface area (Å²) in [7, 11) is 0. The molecule has 1 aromatic carbocycles. The third kappa shape index (κ3) is 2.73. The summed E-state index contributed by atoms with van der Waals surface area (Å²) in [6.07, 6.45) is 3.83. The van der Waals surface area contributed by atoms with Gasteiger partial charge in [0.2, 0.25) is 5.82 Å². The number of imidazole rings is 1. The largest absolute Gasteiger partial charge is 0.357 e. The van der Waals surface area contributed by atoms with Gasteiger partial charge in [-0.3, -0.25) is 10.1 Å². The van der Waals surface area contributed by atoms with E-state index in [1.165, 1.54) is 6.07 Å².